The van der Waals surface area contributed by atoms with Crippen molar-refractivity contribution in [2.24, 2.45) is 0 Å². The molecule has 0 amide bonds. The largest absolute Gasteiger partial charge is 0.379 e. The zero-order valence-corrected chi connectivity index (χ0v) is 20.5. The number of allylic oxidation sites excluding steroid dienone is 1. The van der Waals surface area contributed by atoms with Crippen molar-refractivity contribution in [3.05, 3.63) is 71.3 Å². The number of morpholine rings is 1. The molecule has 38 heavy (non-hydrogen) atoms. The monoisotopic (exact) mass is 516 g/mol. The molecule has 0 radical (unpaired) electrons. The number of nitriles is 2. The quantitative estimate of drug-likeness (QED) is 0.258. The minimum atomic E-state index is -0.831. The Bertz CT molecular complexity index is 1340. The highest BCUT2D eigenvalue weighted by atomic mass is 19.1. The first-order chi connectivity index (χ1) is 18.5. The van der Waals surface area contributed by atoms with E-state index < -0.39 is 11.6 Å². The van der Waals surface area contributed by atoms with Crippen molar-refractivity contribution in [1.29, 1.82) is 10.5 Å². The predicted octanol–water partition coefficient (Wildman–Crippen LogP) is 4.78. The fraction of sp³-hybridized carbons (Fsp3) is 0.259. The number of benzene rings is 2. The average molecular weight is 517 g/mol. The Labute approximate surface area is 219 Å². The molecule has 1 fully saturated rings. The zero-order chi connectivity index (χ0) is 26.7. The lowest BCUT2D eigenvalue weighted by molar-refractivity contribution is 0.0378. The van der Waals surface area contributed by atoms with Gasteiger partial charge in [0.05, 0.1) is 30.9 Å². The lowest BCUT2D eigenvalue weighted by atomic mass is 10.1. The molecule has 0 aliphatic carbocycles. The summed E-state index contributed by atoms with van der Waals surface area (Å²) in [5.74, 6) is -0.824. The molecule has 0 unspecified atom stereocenters. The standard InChI is InChI=1S/C27H26F2N8O/c28-22-15-20(3-1-8-30)16-23(29)26(22)34-25-17-24(32-9-2-10-37-11-13-38-14-12-37)35-27(36-25)33-21-6-4-19(18-31)5-7-21/h1,3-7,15-17H,2,9-14H2,(H3,32,33,34,35,36). The lowest BCUT2D eigenvalue weighted by Gasteiger charge is -2.26. The van der Waals surface area contributed by atoms with Gasteiger partial charge in [-0.2, -0.15) is 20.5 Å². The summed E-state index contributed by atoms with van der Waals surface area (Å²) < 4.78 is 34.8. The van der Waals surface area contributed by atoms with Crippen LogP contribution in [0.2, 0.25) is 0 Å². The van der Waals surface area contributed by atoms with E-state index in [1.165, 1.54) is 6.08 Å². The summed E-state index contributed by atoms with van der Waals surface area (Å²) in [5.41, 5.74) is 1.000. The van der Waals surface area contributed by atoms with Crippen LogP contribution in [0.25, 0.3) is 6.08 Å². The molecule has 1 aliphatic rings. The molecule has 0 spiro atoms. The highest BCUT2D eigenvalue weighted by Crippen LogP contribution is 2.27. The maximum Gasteiger partial charge on any atom is 0.231 e. The normalized spacial score (nSPS) is 13.6. The van der Waals surface area contributed by atoms with Crippen LogP contribution in [0.4, 0.5) is 37.7 Å². The molecule has 0 bridgehead atoms. The fourth-order valence-corrected chi connectivity index (χ4v) is 3.83. The third kappa shape index (κ3) is 7.46. The topological polar surface area (TPSA) is 122 Å². The van der Waals surface area contributed by atoms with Crippen LogP contribution < -0.4 is 16.0 Å². The molecular formula is C27H26F2N8O. The van der Waals surface area contributed by atoms with E-state index in [9.17, 15) is 8.78 Å². The van der Waals surface area contributed by atoms with Gasteiger partial charge in [0.15, 0.2) is 0 Å². The Kier molecular flexibility index (Phi) is 9.13. The van der Waals surface area contributed by atoms with Crippen molar-refractivity contribution in [3.8, 4) is 12.1 Å². The van der Waals surface area contributed by atoms with Crippen LogP contribution in [0.15, 0.2) is 48.5 Å². The number of hydrogen-bond donors (Lipinski definition) is 3. The summed E-state index contributed by atoms with van der Waals surface area (Å²) in [6.45, 7) is 4.83. The number of nitrogens with zero attached hydrogens (tertiary/aromatic N) is 5. The molecule has 9 nitrogen and oxygen atoms in total. The van der Waals surface area contributed by atoms with Gasteiger partial charge in [0, 0.05) is 37.5 Å². The summed E-state index contributed by atoms with van der Waals surface area (Å²) in [6.07, 6.45) is 3.33. The maximum atomic E-state index is 14.7. The van der Waals surface area contributed by atoms with Crippen molar-refractivity contribution in [3.63, 3.8) is 0 Å². The molecule has 4 rings (SSSR count). The summed E-state index contributed by atoms with van der Waals surface area (Å²) in [5, 5.41) is 26.7. The van der Waals surface area contributed by atoms with E-state index in [-0.39, 0.29) is 23.0 Å². The first-order valence-corrected chi connectivity index (χ1v) is 12.1. The summed E-state index contributed by atoms with van der Waals surface area (Å²) >= 11 is 0. The van der Waals surface area contributed by atoms with Crippen molar-refractivity contribution >= 4 is 35.0 Å². The Hall–Kier alpha value is -4.58. The van der Waals surface area contributed by atoms with E-state index in [4.69, 9.17) is 15.3 Å². The SMILES string of the molecule is N#CC=Cc1cc(F)c(Nc2cc(NCCCN3CCOCC3)nc(Nc3ccc(C#N)cc3)n2)c(F)c1. The summed E-state index contributed by atoms with van der Waals surface area (Å²) in [7, 11) is 0. The number of ether oxygens (including phenoxy) is 1. The summed E-state index contributed by atoms with van der Waals surface area (Å²) in [6, 6.07) is 14.4. The second-order valence-corrected chi connectivity index (χ2v) is 8.46. The van der Waals surface area contributed by atoms with Crippen LogP contribution in [0.1, 0.15) is 17.5 Å². The van der Waals surface area contributed by atoms with Gasteiger partial charge >= 0.3 is 0 Å². The van der Waals surface area contributed by atoms with E-state index in [0.717, 1.165) is 57.5 Å². The van der Waals surface area contributed by atoms with Gasteiger partial charge in [0.2, 0.25) is 5.95 Å². The van der Waals surface area contributed by atoms with E-state index >= 15 is 0 Å². The van der Waals surface area contributed by atoms with Gasteiger partial charge in [-0.15, -0.1) is 0 Å². The molecule has 0 atom stereocenters. The van der Waals surface area contributed by atoms with Gasteiger partial charge < -0.3 is 20.7 Å². The molecule has 3 N–H and O–H groups in total. The molecule has 2 heterocycles. The first kappa shape index (κ1) is 26.5. The zero-order valence-electron chi connectivity index (χ0n) is 20.5. The molecular weight excluding hydrogens is 490 g/mol. The third-order valence-electron chi connectivity index (χ3n) is 5.73. The number of hydrogen-bond acceptors (Lipinski definition) is 9. The Morgan fingerprint density at radius 2 is 1.68 bits per heavy atom. The van der Waals surface area contributed by atoms with Crippen molar-refractivity contribution in [2.45, 2.75) is 6.42 Å². The van der Waals surface area contributed by atoms with Crippen LogP contribution in [0.3, 0.4) is 0 Å². The van der Waals surface area contributed by atoms with Gasteiger partial charge in [-0.3, -0.25) is 4.90 Å². The van der Waals surface area contributed by atoms with Crippen molar-refractivity contribution < 1.29 is 13.5 Å². The first-order valence-electron chi connectivity index (χ1n) is 12.1. The highest BCUT2D eigenvalue weighted by Gasteiger charge is 2.14. The van der Waals surface area contributed by atoms with Crippen LogP contribution in [-0.4, -0.2) is 54.3 Å². The molecule has 2 aromatic carbocycles. The second-order valence-electron chi connectivity index (χ2n) is 8.46. The average Bonchev–Trinajstić information content (AvgIpc) is 2.93. The number of aromatic nitrogens is 2. The number of halogens is 2. The second kappa shape index (κ2) is 13.1. The van der Waals surface area contributed by atoms with Crippen molar-refractivity contribution in [1.82, 2.24) is 14.9 Å². The molecule has 1 saturated heterocycles. The molecule has 194 valence electrons. The third-order valence-corrected chi connectivity index (χ3v) is 5.73. The van der Waals surface area contributed by atoms with Crippen molar-refractivity contribution in [2.75, 3.05) is 55.3 Å². The Balaban J connectivity index is 1.53. The molecule has 0 saturated carbocycles. The number of nitrogens with one attached hydrogen (secondary N) is 3. The van der Waals surface area contributed by atoms with Crippen LogP contribution in [0, 0.1) is 34.3 Å². The van der Waals surface area contributed by atoms with E-state index in [0.29, 0.717) is 23.6 Å². The van der Waals surface area contributed by atoms with Crippen LogP contribution in [-0.2, 0) is 4.74 Å². The molecule has 1 aromatic heterocycles. The Morgan fingerprint density at radius 1 is 0.974 bits per heavy atom. The van der Waals surface area contributed by atoms with Crippen LogP contribution >= 0.6 is 0 Å². The molecule has 1 aliphatic heterocycles. The van der Waals surface area contributed by atoms with E-state index in [1.807, 2.05) is 0 Å². The van der Waals surface area contributed by atoms with Crippen LogP contribution in [0.5, 0.6) is 0 Å². The highest BCUT2D eigenvalue weighted by molar-refractivity contribution is 5.66. The predicted molar refractivity (Wildman–Crippen MR) is 141 cm³/mol. The minimum absolute atomic E-state index is 0.171. The lowest BCUT2D eigenvalue weighted by Crippen LogP contribution is -2.37. The van der Waals surface area contributed by atoms with Gasteiger partial charge in [0.25, 0.3) is 0 Å². The van der Waals surface area contributed by atoms with Gasteiger partial charge in [0.1, 0.15) is 29.0 Å². The summed E-state index contributed by atoms with van der Waals surface area (Å²) in [4.78, 5) is 11.2. The Morgan fingerprint density at radius 3 is 2.37 bits per heavy atom. The number of anilines is 5. The number of rotatable bonds is 10. The maximum absolute atomic E-state index is 14.7. The van der Waals surface area contributed by atoms with Gasteiger partial charge in [-0.1, -0.05) is 0 Å². The van der Waals surface area contributed by atoms with E-state index in [2.05, 4.69) is 36.9 Å². The molecule has 3 aromatic rings. The van der Waals surface area contributed by atoms with E-state index in [1.54, 1.807) is 36.4 Å². The van der Waals surface area contributed by atoms with Gasteiger partial charge in [-0.05, 0) is 61.0 Å². The smallest absolute Gasteiger partial charge is 0.231 e. The van der Waals surface area contributed by atoms with Gasteiger partial charge in [-0.25, -0.2) is 8.78 Å². The fourth-order valence-electron chi connectivity index (χ4n) is 3.83. The minimum Gasteiger partial charge on any atom is -0.379 e. The molecule has 11 heteroatoms.